The molecule has 0 radical (unpaired) electrons. The molecule has 0 amide bonds. The number of pyridine rings is 1. The Kier molecular flexibility index (Phi) is 4.39. The zero-order valence-electron chi connectivity index (χ0n) is 12.1. The number of likely N-dealkylation sites (tertiary alicyclic amines) is 1. The first-order chi connectivity index (χ1) is 9.10. The number of nitrogens with zero attached hydrogens (tertiary/aromatic N) is 4. The van der Waals surface area contributed by atoms with Gasteiger partial charge in [-0.25, -0.2) is 4.98 Å². The molecule has 0 unspecified atom stereocenters. The molecule has 0 N–H and O–H groups in total. The number of aryl methyl sites for hydroxylation is 1. The summed E-state index contributed by atoms with van der Waals surface area (Å²) in [5, 5.41) is 9.18. The van der Waals surface area contributed by atoms with E-state index in [4.69, 9.17) is 0 Å². The van der Waals surface area contributed by atoms with Gasteiger partial charge < -0.3 is 9.80 Å². The fourth-order valence-corrected chi connectivity index (χ4v) is 2.64. The first kappa shape index (κ1) is 13.8. The molecule has 1 aromatic rings. The number of aromatic nitrogens is 1. The Bertz CT molecular complexity index is 470. The fraction of sp³-hybridized carbons (Fsp3) is 0.600. The molecule has 0 aromatic carbocycles. The minimum atomic E-state index is 0.668. The van der Waals surface area contributed by atoms with Crippen LogP contribution in [0.15, 0.2) is 12.1 Å². The molecule has 1 aromatic heterocycles. The Morgan fingerprint density at radius 3 is 2.74 bits per heavy atom. The monoisotopic (exact) mass is 258 g/mol. The van der Waals surface area contributed by atoms with Crippen LogP contribution >= 0.6 is 0 Å². The van der Waals surface area contributed by atoms with Crippen LogP contribution in [-0.2, 0) is 0 Å². The molecule has 0 bridgehead atoms. The molecule has 102 valence electrons. The van der Waals surface area contributed by atoms with Gasteiger partial charge in [-0.3, -0.25) is 0 Å². The predicted octanol–water partition coefficient (Wildman–Crippen LogP) is 2.04. The van der Waals surface area contributed by atoms with Crippen LogP contribution in [0.25, 0.3) is 0 Å². The van der Waals surface area contributed by atoms with Gasteiger partial charge in [0.15, 0.2) is 0 Å². The second-order valence-corrected chi connectivity index (χ2v) is 5.56. The van der Waals surface area contributed by atoms with Crippen molar-refractivity contribution in [1.82, 2.24) is 9.88 Å². The molecular weight excluding hydrogens is 236 g/mol. The molecule has 0 aliphatic carbocycles. The third-order valence-corrected chi connectivity index (χ3v) is 3.87. The number of hydrogen-bond acceptors (Lipinski definition) is 4. The highest BCUT2D eigenvalue weighted by Crippen LogP contribution is 2.22. The highest BCUT2D eigenvalue weighted by molar-refractivity contribution is 5.53. The van der Waals surface area contributed by atoms with Crippen molar-refractivity contribution in [3.05, 3.63) is 23.4 Å². The third kappa shape index (κ3) is 3.45. The summed E-state index contributed by atoms with van der Waals surface area (Å²) in [6.45, 7) is 5.29. The summed E-state index contributed by atoms with van der Waals surface area (Å²) in [6.07, 6.45) is 2.46. The lowest BCUT2D eigenvalue weighted by atomic mass is 9.96. The van der Waals surface area contributed by atoms with Gasteiger partial charge in [-0.15, -0.1) is 0 Å². The van der Waals surface area contributed by atoms with Crippen molar-refractivity contribution in [2.45, 2.75) is 19.8 Å². The van der Waals surface area contributed by atoms with Gasteiger partial charge in [0.25, 0.3) is 0 Å². The minimum Gasteiger partial charge on any atom is -0.358 e. The number of nitriles is 1. The molecule has 0 saturated carbocycles. The van der Waals surface area contributed by atoms with E-state index in [-0.39, 0.29) is 0 Å². The van der Waals surface area contributed by atoms with Crippen molar-refractivity contribution in [2.24, 2.45) is 5.92 Å². The van der Waals surface area contributed by atoms with Crippen molar-refractivity contribution in [3.63, 3.8) is 0 Å². The summed E-state index contributed by atoms with van der Waals surface area (Å²) in [6, 6.07) is 5.99. The lowest BCUT2D eigenvalue weighted by Crippen LogP contribution is -2.36. The first-order valence-corrected chi connectivity index (χ1v) is 6.87. The van der Waals surface area contributed by atoms with Crippen LogP contribution < -0.4 is 4.90 Å². The van der Waals surface area contributed by atoms with Crippen LogP contribution in [0.2, 0.25) is 0 Å². The Balaban J connectivity index is 2.05. The van der Waals surface area contributed by atoms with E-state index in [1.165, 1.54) is 25.9 Å². The van der Waals surface area contributed by atoms with Crippen LogP contribution in [0.3, 0.4) is 0 Å². The molecule has 1 fully saturated rings. The van der Waals surface area contributed by atoms with E-state index in [0.717, 1.165) is 18.1 Å². The van der Waals surface area contributed by atoms with Crippen LogP contribution in [-0.4, -0.2) is 43.6 Å². The fourth-order valence-electron chi connectivity index (χ4n) is 2.64. The second-order valence-electron chi connectivity index (χ2n) is 5.56. The zero-order valence-corrected chi connectivity index (χ0v) is 12.1. The van der Waals surface area contributed by atoms with E-state index < -0.39 is 0 Å². The number of rotatable bonds is 3. The standard InChI is InChI=1S/C15H22N4/c1-12-4-5-14(10-16)15(17-12)19(3)11-13-6-8-18(2)9-7-13/h4-5,13H,6-9,11H2,1-3H3. The second kappa shape index (κ2) is 6.03. The molecule has 1 aliphatic rings. The maximum absolute atomic E-state index is 9.18. The molecule has 1 aliphatic heterocycles. The van der Waals surface area contributed by atoms with Crippen molar-refractivity contribution < 1.29 is 0 Å². The van der Waals surface area contributed by atoms with Gasteiger partial charge >= 0.3 is 0 Å². The Hall–Kier alpha value is -1.60. The van der Waals surface area contributed by atoms with Crippen LogP contribution in [0.4, 0.5) is 5.82 Å². The van der Waals surface area contributed by atoms with E-state index in [9.17, 15) is 5.26 Å². The molecule has 0 spiro atoms. The third-order valence-electron chi connectivity index (χ3n) is 3.87. The first-order valence-electron chi connectivity index (χ1n) is 6.87. The topological polar surface area (TPSA) is 43.2 Å². The van der Waals surface area contributed by atoms with Gasteiger partial charge in [-0.1, -0.05) is 0 Å². The zero-order chi connectivity index (χ0) is 13.8. The maximum Gasteiger partial charge on any atom is 0.146 e. The van der Waals surface area contributed by atoms with Crippen LogP contribution in [0.5, 0.6) is 0 Å². The van der Waals surface area contributed by atoms with Gasteiger partial charge in [0.05, 0.1) is 5.56 Å². The van der Waals surface area contributed by atoms with E-state index >= 15 is 0 Å². The number of hydrogen-bond donors (Lipinski definition) is 0. The summed E-state index contributed by atoms with van der Waals surface area (Å²) in [5.74, 6) is 1.52. The molecular formula is C15H22N4. The van der Waals surface area contributed by atoms with Gasteiger partial charge in [0.1, 0.15) is 11.9 Å². The molecule has 2 rings (SSSR count). The van der Waals surface area contributed by atoms with Crippen LogP contribution in [0, 0.1) is 24.2 Å². The van der Waals surface area contributed by atoms with Crippen molar-refractivity contribution >= 4 is 5.82 Å². The number of piperidine rings is 1. The van der Waals surface area contributed by atoms with Gasteiger partial charge in [0.2, 0.25) is 0 Å². The van der Waals surface area contributed by atoms with E-state index in [1.807, 2.05) is 26.1 Å². The SMILES string of the molecule is Cc1ccc(C#N)c(N(C)CC2CCN(C)CC2)n1. The normalized spacial score (nSPS) is 17.2. The smallest absolute Gasteiger partial charge is 0.146 e. The average Bonchev–Trinajstić information content (AvgIpc) is 2.41. The summed E-state index contributed by atoms with van der Waals surface area (Å²) < 4.78 is 0. The molecule has 1 saturated heterocycles. The number of anilines is 1. The average molecular weight is 258 g/mol. The summed E-state index contributed by atoms with van der Waals surface area (Å²) in [4.78, 5) is 9.03. The molecule has 4 nitrogen and oxygen atoms in total. The van der Waals surface area contributed by atoms with Crippen molar-refractivity contribution in [1.29, 1.82) is 5.26 Å². The molecule has 19 heavy (non-hydrogen) atoms. The highest BCUT2D eigenvalue weighted by Gasteiger charge is 2.19. The van der Waals surface area contributed by atoms with Crippen molar-refractivity contribution in [3.8, 4) is 6.07 Å². The lowest BCUT2D eigenvalue weighted by Gasteiger charge is -2.32. The lowest BCUT2D eigenvalue weighted by molar-refractivity contribution is 0.222. The Labute approximate surface area is 115 Å². The molecule has 4 heteroatoms. The van der Waals surface area contributed by atoms with Gasteiger partial charge in [-0.2, -0.15) is 5.26 Å². The minimum absolute atomic E-state index is 0.668. The Morgan fingerprint density at radius 1 is 1.42 bits per heavy atom. The van der Waals surface area contributed by atoms with E-state index in [0.29, 0.717) is 11.5 Å². The van der Waals surface area contributed by atoms with Crippen molar-refractivity contribution in [2.75, 3.05) is 38.6 Å². The van der Waals surface area contributed by atoms with Gasteiger partial charge in [-0.05, 0) is 58.0 Å². The quantitative estimate of drug-likeness (QED) is 0.832. The van der Waals surface area contributed by atoms with E-state index in [2.05, 4.69) is 27.9 Å². The maximum atomic E-state index is 9.18. The van der Waals surface area contributed by atoms with Crippen LogP contribution in [0.1, 0.15) is 24.1 Å². The highest BCUT2D eigenvalue weighted by atomic mass is 15.2. The largest absolute Gasteiger partial charge is 0.358 e. The predicted molar refractivity (Wildman–Crippen MR) is 77.2 cm³/mol. The van der Waals surface area contributed by atoms with E-state index in [1.54, 1.807) is 0 Å². The summed E-state index contributed by atoms with van der Waals surface area (Å²) >= 11 is 0. The summed E-state index contributed by atoms with van der Waals surface area (Å²) in [5.41, 5.74) is 1.63. The Morgan fingerprint density at radius 2 is 2.11 bits per heavy atom. The molecule has 2 heterocycles. The van der Waals surface area contributed by atoms with Gasteiger partial charge in [0, 0.05) is 19.3 Å². The summed E-state index contributed by atoms with van der Waals surface area (Å²) in [7, 11) is 4.22. The molecule has 0 atom stereocenters.